The number of nitrogens with one attached hydrogen (secondary N) is 1. The van der Waals surface area contributed by atoms with Gasteiger partial charge < -0.3 is 5.32 Å². The highest BCUT2D eigenvalue weighted by Gasteiger charge is 2.21. The summed E-state index contributed by atoms with van der Waals surface area (Å²) >= 11 is 0. The van der Waals surface area contributed by atoms with E-state index in [-0.39, 0.29) is 11.9 Å². The van der Waals surface area contributed by atoms with Crippen molar-refractivity contribution in [3.8, 4) is 0 Å². The summed E-state index contributed by atoms with van der Waals surface area (Å²) in [7, 11) is 0. The molecule has 2 aromatic rings. The van der Waals surface area contributed by atoms with Crippen molar-refractivity contribution in [1.82, 2.24) is 20.5 Å². The van der Waals surface area contributed by atoms with E-state index in [0.717, 1.165) is 36.3 Å². The van der Waals surface area contributed by atoms with Crippen LogP contribution in [0.1, 0.15) is 48.8 Å². The van der Waals surface area contributed by atoms with Crippen LogP contribution in [0, 0.1) is 12.7 Å². The van der Waals surface area contributed by atoms with Gasteiger partial charge in [-0.1, -0.05) is 13.8 Å². The van der Waals surface area contributed by atoms with E-state index in [0.29, 0.717) is 5.56 Å². The van der Waals surface area contributed by atoms with Crippen molar-refractivity contribution in [2.75, 3.05) is 6.54 Å². The summed E-state index contributed by atoms with van der Waals surface area (Å²) in [5.74, 6) is -0.303. The van der Waals surface area contributed by atoms with Crippen LogP contribution in [-0.2, 0) is 6.42 Å². The number of aryl methyl sites for hydroxylation is 2. The summed E-state index contributed by atoms with van der Waals surface area (Å²) in [6.07, 6.45) is 4.61. The van der Waals surface area contributed by atoms with Gasteiger partial charge >= 0.3 is 0 Å². The third-order valence-corrected chi connectivity index (χ3v) is 3.39. The van der Waals surface area contributed by atoms with Gasteiger partial charge in [0.15, 0.2) is 0 Å². The van der Waals surface area contributed by atoms with E-state index in [1.807, 2.05) is 19.9 Å². The molecule has 0 aromatic carbocycles. The van der Waals surface area contributed by atoms with E-state index < -0.39 is 0 Å². The second-order valence-corrected chi connectivity index (χ2v) is 5.03. The Labute approximate surface area is 124 Å². The lowest BCUT2D eigenvalue weighted by Crippen LogP contribution is -2.26. The van der Waals surface area contributed by atoms with E-state index >= 15 is 0 Å². The summed E-state index contributed by atoms with van der Waals surface area (Å²) in [6, 6.07) is 3.48. The molecule has 0 aliphatic heterocycles. The lowest BCUT2D eigenvalue weighted by molar-refractivity contribution is 0.538. The van der Waals surface area contributed by atoms with Crippen molar-refractivity contribution in [1.29, 1.82) is 0 Å². The molecule has 0 aliphatic carbocycles. The molecule has 0 aliphatic rings. The van der Waals surface area contributed by atoms with Crippen molar-refractivity contribution in [3.63, 3.8) is 0 Å². The predicted molar refractivity (Wildman–Crippen MR) is 80.5 cm³/mol. The molecule has 5 heteroatoms. The quantitative estimate of drug-likeness (QED) is 0.888. The Morgan fingerprint density at radius 1 is 1.24 bits per heavy atom. The first-order valence-corrected chi connectivity index (χ1v) is 7.33. The molecule has 112 valence electrons. The second kappa shape index (κ2) is 7.22. The molecule has 0 saturated heterocycles. The van der Waals surface area contributed by atoms with E-state index in [9.17, 15) is 4.39 Å². The van der Waals surface area contributed by atoms with Gasteiger partial charge in [-0.05, 0) is 44.0 Å². The Morgan fingerprint density at radius 3 is 2.71 bits per heavy atom. The summed E-state index contributed by atoms with van der Waals surface area (Å²) in [5.41, 5.74) is 3.31. The van der Waals surface area contributed by atoms with Crippen LogP contribution in [0.3, 0.4) is 0 Å². The van der Waals surface area contributed by atoms with Crippen LogP contribution in [0.5, 0.6) is 0 Å². The minimum atomic E-state index is -0.303. The summed E-state index contributed by atoms with van der Waals surface area (Å²) in [4.78, 5) is 3.83. The zero-order valence-corrected chi connectivity index (χ0v) is 12.7. The molecule has 1 atom stereocenters. The number of rotatable bonds is 6. The highest BCUT2D eigenvalue weighted by molar-refractivity contribution is 5.34. The maximum atomic E-state index is 14.2. The summed E-state index contributed by atoms with van der Waals surface area (Å²) in [5, 5.41) is 11.8. The molecule has 0 spiro atoms. The van der Waals surface area contributed by atoms with Gasteiger partial charge in [-0.3, -0.25) is 4.98 Å². The Balaban J connectivity index is 2.50. The van der Waals surface area contributed by atoms with Gasteiger partial charge in [0.1, 0.15) is 5.82 Å². The molecule has 2 heterocycles. The van der Waals surface area contributed by atoms with Gasteiger partial charge in [-0.15, -0.1) is 0 Å². The Morgan fingerprint density at radius 2 is 2.05 bits per heavy atom. The van der Waals surface area contributed by atoms with Crippen LogP contribution in [0.4, 0.5) is 4.39 Å². The Hall–Kier alpha value is -1.88. The fourth-order valence-corrected chi connectivity index (χ4v) is 2.36. The first-order valence-electron chi connectivity index (χ1n) is 7.33. The van der Waals surface area contributed by atoms with Crippen LogP contribution < -0.4 is 5.32 Å². The lowest BCUT2D eigenvalue weighted by atomic mass is 9.96. The van der Waals surface area contributed by atoms with E-state index in [4.69, 9.17) is 0 Å². The summed E-state index contributed by atoms with van der Waals surface area (Å²) < 4.78 is 14.2. The number of aromatic nitrogens is 3. The van der Waals surface area contributed by atoms with E-state index in [1.54, 1.807) is 12.3 Å². The molecule has 1 unspecified atom stereocenters. The third kappa shape index (κ3) is 3.61. The normalized spacial score (nSPS) is 12.4. The minimum absolute atomic E-state index is 0.225. The molecule has 0 saturated carbocycles. The van der Waals surface area contributed by atoms with Gasteiger partial charge in [0.2, 0.25) is 0 Å². The average molecular weight is 288 g/mol. The van der Waals surface area contributed by atoms with E-state index in [1.165, 1.54) is 6.20 Å². The van der Waals surface area contributed by atoms with Crippen molar-refractivity contribution in [2.45, 2.75) is 39.7 Å². The number of hydrogen-bond acceptors (Lipinski definition) is 4. The van der Waals surface area contributed by atoms with Gasteiger partial charge in [0, 0.05) is 11.8 Å². The van der Waals surface area contributed by atoms with Crippen LogP contribution in [0.25, 0.3) is 0 Å². The van der Waals surface area contributed by atoms with Crippen molar-refractivity contribution in [2.24, 2.45) is 0 Å². The molecular weight excluding hydrogens is 267 g/mol. The molecule has 2 aromatic heterocycles. The number of nitrogens with zero attached hydrogens (tertiary/aromatic N) is 3. The predicted octanol–water partition coefficient (Wildman–Crippen LogP) is 2.97. The van der Waals surface area contributed by atoms with Crippen molar-refractivity contribution < 1.29 is 4.39 Å². The molecule has 0 amide bonds. The van der Waals surface area contributed by atoms with Gasteiger partial charge in [-0.2, -0.15) is 10.2 Å². The monoisotopic (exact) mass is 288 g/mol. The SMILES string of the molecule is CCCNC(c1ccncc1F)c1cc(C)nnc1CC. The van der Waals surface area contributed by atoms with Crippen LogP contribution in [0.15, 0.2) is 24.5 Å². The molecule has 21 heavy (non-hydrogen) atoms. The van der Waals surface area contributed by atoms with Crippen LogP contribution in [0.2, 0.25) is 0 Å². The smallest absolute Gasteiger partial charge is 0.146 e. The first-order chi connectivity index (χ1) is 10.2. The standard InChI is InChI=1S/C16H21FN4/c1-4-7-19-16(12-6-8-18-10-14(12)17)13-9-11(3)20-21-15(13)5-2/h6,8-10,16,19H,4-5,7H2,1-3H3. The molecule has 2 rings (SSSR count). The lowest BCUT2D eigenvalue weighted by Gasteiger charge is -2.22. The first kappa shape index (κ1) is 15.5. The number of hydrogen-bond donors (Lipinski definition) is 1. The summed E-state index contributed by atoms with van der Waals surface area (Å²) in [6.45, 7) is 6.82. The highest BCUT2D eigenvalue weighted by atomic mass is 19.1. The fraction of sp³-hybridized carbons (Fsp3) is 0.438. The fourth-order valence-electron chi connectivity index (χ4n) is 2.36. The van der Waals surface area contributed by atoms with Gasteiger partial charge in [0.05, 0.1) is 23.6 Å². The van der Waals surface area contributed by atoms with Gasteiger partial charge in [-0.25, -0.2) is 4.39 Å². The zero-order chi connectivity index (χ0) is 15.2. The van der Waals surface area contributed by atoms with Crippen molar-refractivity contribution >= 4 is 0 Å². The zero-order valence-electron chi connectivity index (χ0n) is 12.7. The van der Waals surface area contributed by atoms with Crippen LogP contribution >= 0.6 is 0 Å². The Kier molecular flexibility index (Phi) is 5.33. The average Bonchev–Trinajstić information content (AvgIpc) is 2.49. The minimum Gasteiger partial charge on any atom is -0.306 e. The molecule has 4 nitrogen and oxygen atoms in total. The van der Waals surface area contributed by atoms with Crippen molar-refractivity contribution in [3.05, 3.63) is 52.9 Å². The number of halogens is 1. The topological polar surface area (TPSA) is 50.7 Å². The molecule has 0 bridgehead atoms. The maximum absolute atomic E-state index is 14.2. The third-order valence-electron chi connectivity index (χ3n) is 3.39. The molecular formula is C16H21FN4. The molecule has 0 fully saturated rings. The van der Waals surface area contributed by atoms with Gasteiger partial charge in [0.25, 0.3) is 0 Å². The molecule has 1 N–H and O–H groups in total. The largest absolute Gasteiger partial charge is 0.306 e. The highest BCUT2D eigenvalue weighted by Crippen LogP contribution is 2.26. The van der Waals surface area contributed by atoms with E-state index in [2.05, 4.69) is 27.4 Å². The van der Waals surface area contributed by atoms with Crippen LogP contribution in [-0.4, -0.2) is 21.7 Å². The second-order valence-electron chi connectivity index (χ2n) is 5.03. The number of pyridine rings is 1. The maximum Gasteiger partial charge on any atom is 0.146 e. The molecule has 0 radical (unpaired) electrons. The Bertz CT molecular complexity index is 601.